The molecular weight excluding hydrogens is 256 g/mol. The Labute approximate surface area is 120 Å². The van der Waals surface area contributed by atoms with Gasteiger partial charge in [-0.25, -0.2) is 4.79 Å². The van der Waals surface area contributed by atoms with Crippen LogP contribution in [-0.4, -0.2) is 42.8 Å². The van der Waals surface area contributed by atoms with E-state index in [1.807, 2.05) is 38.1 Å². The van der Waals surface area contributed by atoms with Crippen molar-refractivity contribution in [3.8, 4) is 5.75 Å². The molecule has 1 unspecified atom stereocenters. The number of aliphatic hydroxyl groups excluding tert-OH is 1. The molecule has 0 aliphatic carbocycles. The monoisotopic (exact) mass is 280 g/mol. The summed E-state index contributed by atoms with van der Waals surface area (Å²) in [6, 6.07) is 7.49. The SMILES string of the molecule is CCC(NC(=O)N(CC)CCO)c1ccc(OC)cc1. The van der Waals surface area contributed by atoms with Gasteiger partial charge in [0.15, 0.2) is 0 Å². The lowest BCUT2D eigenvalue weighted by molar-refractivity contribution is 0.177. The van der Waals surface area contributed by atoms with Crippen molar-refractivity contribution in [3.63, 3.8) is 0 Å². The number of rotatable bonds is 7. The van der Waals surface area contributed by atoms with Gasteiger partial charge in [0.2, 0.25) is 0 Å². The molecule has 1 aromatic rings. The summed E-state index contributed by atoms with van der Waals surface area (Å²) in [7, 11) is 1.63. The minimum absolute atomic E-state index is 0.0272. The van der Waals surface area contributed by atoms with E-state index in [2.05, 4.69) is 5.32 Å². The Balaban J connectivity index is 2.72. The van der Waals surface area contributed by atoms with Crippen molar-refractivity contribution in [2.24, 2.45) is 0 Å². The van der Waals surface area contributed by atoms with Crippen LogP contribution in [0.3, 0.4) is 0 Å². The number of hydrogen-bond donors (Lipinski definition) is 2. The van der Waals surface area contributed by atoms with Crippen LogP contribution in [0.1, 0.15) is 31.9 Å². The van der Waals surface area contributed by atoms with Gasteiger partial charge in [0.1, 0.15) is 5.75 Å². The molecule has 1 aromatic carbocycles. The molecule has 0 spiro atoms. The number of aliphatic hydroxyl groups is 1. The molecule has 5 nitrogen and oxygen atoms in total. The lowest BCUT2D eigenvalue weighted by Gasteiger charge is -2.24. The van der Waals surface area contributed by atoms with Crippen LogP contribution in [0.5, 0.6) is 5.75 Å². The van der Waals surface area contributed by atoms with Crippen LogP contribution < -0.4 is 10.1 Å². The van der Waals surface area contributed by atoms with Crippen molar-refractivity contribution in [2.45, 2.75) is 26.3 Å². The fraction of sp³-hybridized carbons (Fsp3) is 0.533. The number of ether oxygens (including phenoxy) is 1. The van der Waals surface area contributed by atoms with E-state index in [1.165, 1.54) is 0 Å². The lowest BCUT2D eigenvalue weighted by Crippen LogP contribution is -2.42. The van der Waals surface area contributed by atoms with Crippen LogP contribution in [0, 0.1) is 0 Å². The summed E-state index contributed by atoms with van der Waals surface area (Å²) >= 11 is 0. The smallest absolute Gasteiger partial charge is 0.317 e. The number of nitrogens with zero attached hydrogens (tertiary/aromatic N) is 1. The first-order valence-electron chi connectivity index (χ1n) is 6.96. The number of benzene rings is 1. The number of methoxy groups -OCH3 is 1. The Kier molecular flexibility index (Phi) is 6.87. The average Bonchev–Trinajstić information content (AvgIpc) is 2.50. The van der Waals surface area contributed by atoms with Gasteiger partial charge >= 0.3 is 6.03 Å². The minimum Gasteiger partial charge on any atom is -0.497 e. The quantitative estimate of drug-likeness (QED) is 0.804. The molecule has 0 fully saturated rings. The zero-order valence-electron chi connectivity index (χ0n) is 12.4. The van der Waals surface area contributed by atoms with Gasteiger partial charge < -0.3 is 20.1 Å². The Morgan fingerprint density at radius 3 is 2.45 bits per heavy atom. The summed E-state index contributed by atoms with van der Waals surface area (Å²) in [6.07, 6.45) is 0.800. The number of urea groups is 1. The normalized spacial score (nSPS) is 11.8. The van der Waals surface area contributed by atoms with Crippen LogP contribution in [-0.2, 0) is 0 Å². The van der Waals surface area contributed by atoms with Crippen LogP contribution in [0.25, 0.3) is 0 Å². The first kappa shape index (κ1) is 16.3. The Bertz CT molecular complexity index is 406. The first-order valence-corrected chi connectivity index (χ1v) is 6.96. The highest BCUT2D eigenvalue weighted by Gasteiger charge is 2.16. The maximum Gasteiger partial charge on any atom is 0.317 e. The molecule has 0 aliphatic heterocycles. The van der Waals surface area contributed by atoms with Crippen LogP contribution in [0.4, 0.5) is 4.79 Å². The molecule has 2 N–H and O–H groups in total. The van der Waals surface area contributed by atoms with Crippen LogP contribution in [0.15, 0.2) is 24.3 Å². The molecular formula is C15H24N2O3. The Hall–Kier alpha value is -1.75. The van der Waals surface area contributed by atoms with Crippen LogP contribution >= 0.6 is 0 Å². The number of carbonyl (C=O) groups is 1. The van der Waals surface area contributed by atoms with E-state index >= 15 is 0 Å². The fourth-order valence-corrected chi connectivity index (χ4v) is 2.02. The van der Waals surface area contributed by atoms with Gasteiger partial charge in [-0.1, -0.05) is 19.1 Å². The predicted molar refractivity (Wildman–Crippen MR) is 78.9 cm³/mol. The van der Waals surface area contributed by atoms with Crippen molar-refractivity contribution in [1.29, 1.82) is 0 Å². The maximum atomic E-state index is 12.1. The minimum atomic E-state index is -0.149. The van der Waals surface area contributed by atoms with Gasteiger partial charge in [-0.2, -0.15) is 0 Å². The van der Waals surface area contributed by atoms with Crippen molar-refractivity contribution in [2.75, 3.05) is 26.8 Å². The number of likely N-dealkylation sites (N-methyl/N-ethyl adjacent to an activating group) is 1. The summed E-state index contributed by atoms with van der Waals surface area (Å²) in [5, 5.41) is 11.9. The highest BCUT2D eigenvalue weighted by Crippen LogP contribution is 2.20. The Morgan fingerprint density at radius 2 is 2.00 bits per heavy atom. The number of hydrogen-bond acceptors (Lipinski definition) is 3. The highest BCUT2D eigenvalue weighted by molar-refractivity contribution is 5.74. The molecule has 0 bridgehead atoms. The second-order valence-electron chi connectivity index (χ2n) is 4.49. The van der Waals surface area contributed by atoms with Gasteiger partial charge in [0.25, 0.3) is 0 Å². The van der Waals surface area contributed by atoms with Gasteiger partial charge in [-0.3, -0.25) is 0 Å². The molecule has 20 heavy (non-hydrogen) atoms. The molecule has 0 radical (unpaired) electrons. The molecule has 0 saturated carbocycles. The second kappa shape index (κ2) is 8.43. The first-order chi connectivity index (χ1) is 9.65. The maximum absolute atomic E-state index is 12.1. The third kappa shape index (κ3) is 4.42. The van der Waals surface area contributed by atoms with Crippen molar-refractivity contribution in [3.05, 3.63) is 29.8 Å². The standard InChI is InChI=1S/C15H24N2O3/c1-4-14(12-6-8-13(20-3)9-7-12)16-15(19)17(5-2)10-11-18/h6-9,14,18H,4-5,10-11H2,1-3H3,(H,16,19). The molecule has 112 valence electrons. The molecule has 2 amide bonds. The van der Waals surface area contributed by atoms with Gasteiger partial charge in [-0.05, 0) is 31.0 Å². The molecule has 0 aliphatic rings. The van der Waals surface area contributed by atoms with Crippen molar-refractivity contribution in [1.82, 2.24) is 10.2 Å². The highest BCUT2D eigenvalue weighted by atomic mass is 16.5. The molecule has 0 saturated heterocycles. The van der Waals surface area contributed by atoms with Crippen LogP contribution in [0.2, 0.25) is 0 Å². The summed E-state index contributed by atoms with van der Waals surface area (Å²) < 4.78 is 5.13. The van der Waals surface area contributed by atoms with E-state index in [1.54, 1.807) is 12.0 Å². The topological polar surface area (TPSA) is 61.8 Å². The fourth-order valence-electron chi connectivity index (χ4n) is 2.02. The van der Waals surface area contributed by atoms with E-state index in [4.69, 9.17) is 9.84 Å². The summed E-state index contributed by atoms with van der Waals surface area (Å²) in [5.74, 6) is 0.797. The van der Waals surface area contributed by atoms with E-state index in [9.17, 15) is 4.79 Å². The molecule has 1 atom stereocenters. The van der Waals surface area contributed by atoms with Gasteiger partial charge in [0.05, 0.1) is 19.8 Å². The molecule has 1 rings (SSSR count). The summed E-state index contributed by atoms with van der Waals surface area (Å²) in [5.41, 5.74) is 1.04. The number of nitrogens with one attached hydrogen (secondary N) is 1. The Morgan fingerprint density at radius 1 is 1.35 bits per heavy atom. The lowest BCUT2D eigenvalue weighted by atomic mass is 10.0. The molecule has 5 heteroatoms. The zero-order valence-corrected chi connectivity index (χ0v) is 12.4. The molecule has 0 aromatic heterocycles. The third-order valence-corrected chi connectivity index (χ3v) is 3.26. The largest absolute Gasteiger partial charge is 0.497 e. The van der Waals surface area contributed by atoms with Gasteiger partial charge in [0, 0.05) is 13.1 Å². The van der Waals surface area contributed by atoms with Gasteiger partial charge in [-0.15, -0.1) is 0 Å². The number of carbonyl (C=O) groups excluding carboxylic acids is 1. The van der Waals surface area contributed by atoms with Crippen molar-refractivity contribution >= 4 is 6.03 Å². The van der Waals surface area contributed by atoms with Crippen molar-refractivity contribution < 1.29 is 14.6 Å². The van der Waals surface area contributed by atoms with E-state index in [-0.39, 0.29) is 18.7 Å². The number of amides is 2. The van der Waals surface area contributed by atoms with E-state index in [0.29, 0.717) is 13.1 Å². The summed E-state index contributed by atoms with van der Waals surface area (Å²) in [4.78, 5) is 13.7. The van der Waals surface area contributed by atoms with E-state index < -0.39 is 0 Å². The third-order valence-electron chi connectivity index (χ3n) is 3.26. The molecule has 0 heterocycles. The second-order valence-corrected chi connectivity index (χ2v) is 4.49. The summed E-state index contributed by atoms with van der Waals surface area (Å²) in [6.45, 7) is 4.81. The predicted octanol–water partition coefficient (Wildman–Crippen LogP) is 2.17. The van der Waals surface area contributed by atoms with E-state index in [0.717, 1.165) is 17.7 Å². The average molecular weight is 280 g/mol. The zero-order chi connectivity index (χ0) is 15.0.